The molecule has 0 aliphatic carbocycles. The summed E-state index contributed by atoms with van der Waals surface area (Å²) in [5.74, 6) is -0.548. The van der Waals surface area contributed by atoms with Crippen LogP contribution in [0.3, 0.4) is 0 Å². The predicted molar refractivity (Wildman–Crippen MR) is 74.1 cm³/mol. The van der Waals surface area contributed by atoms with E-state index < -0.39 is 11.8 Å². The minimum absolute atomic E-state index is 0.116. The first-order valence-corrected chi connectivity index (χ1v) is 6.32. The van der Waals surface area contributed by atoms with Crippen LogP contribution in [0.5, 0.6) is 11.5 Å². The molecule has 0 bridgehead atoms. The third kappa shape index (κ3) is 2.89. The van der Waals surface area contributed by atoms with E-state index in [0.717, 1.165) is 6.07 Å². The van der Waals surface area contributed by atoms with Crippen molar-refractivity contribution < 1.29 is 23.8 Å². The Morgan fingerprint density at radius 1 is 1.05 bits per heavy atom. The normalized spacial score (nSPS) is 12.8. The summed E-state index contributed by atoms with van der Waals surface area (Å²) in [6.45, 7) is 0.977. The minimum Gasteiger partial charge on any atom is -0.486 e. The lowest BCUT2D eigenvalue weighted by molar-refractivity contribution is 0.0696. The Labute approximate surface area is 119 Å². The van der Waals surface area contributed by atoms with E-state index in [1.54, 1.807) is 18.2 Å². The second-order valence-electron chi connectivity index (χ2n) is 4.52. The van der Waals surface area contributed by atoms with Crippen molar-refractivity contribution in [3.05, 3.63) is 47.8 Å². The van der Waals surface area contributed by atoms with Crippen molar-refractivity contribution in [3.63, 3.8) is 0 Å². The van der Waals surface area contributed by atoms with Gasteiger partial charge in [-0.05, 0) is 30.3 Å². The Balaban J connectivity index is 1.88. The number of carboxylic acids is 1. The molecule has 2 aromatic rings. The Hall–Kier alpha value is -2.76. The number of hydrogen-bond acceptors (Lipinski definition) is 4. The molecule has 1 heterocycles. The molecular formula is C15H12FNO4. The van der Waals surface area contributed by atoms with E-state index >= 15 is 0 Å². The van der Waals surface area contributed by atoms with Crippen LogP contribution in [0.15, 0.2) is 36.4 Å². The third-order valence-corrected chi connectivity index (χ3v) is 2.98. The number of hydrogen-bond donors (Lipinski definition) is 2. The Kier molecular flexibility index (Phi) is 3.35. The zero-order valence-corrected chi connectivity index (χ0v) is 10.9. The van der Waals surface area contributed by atoms with Gasteiger partial charge in [-0.1, -0.05) is 0 Å². The number of rotatable bonds is 3. The van der Waals surface area contributed by atoms with Gasteiger partial charge in [-0.25, -0.2) is 9.18 Å². The fraction of sp³-hybridized carbons (Fsp3) is 0.133. The smallest absolute Gasteiger partial charge is 0.335 e. The number of halogens is 1. The fourth-order valence-electron chi connectivity index (χ4n) is 2.07. The Morgan fingerprint density at radius 3 is 2.57 bits per heavy atom. The van der Waals surface area contributed by atoms with Crippen LogP contribution in [0.25, 0.3) is 0 Å². The van der Waals surface area contributed by atoms with Crippen molar-refractivity contribution in [2.45, 2.75) is 0 Å². The van der Waals surface area contributed by atoms with Gasteiger partial charge in [0.1, 0.15) is 19.0 Å². The lowest BCUT2D eigenvalue weighted by Crippen LogP contribution is -2.15. The molecule has 3 rings (SSSR count). The number of aromatic carboxylic acids is 1. The predicted octanol–water partition coefficient (Wildman–Crippen LogP) is 3.04. The van der Waals surface area contributed by atoms with Gasteiger partial charge >= 0.3 is 5.97 Å². The number of fused-ring (bicyclic) bond motifs is 1. The molecule has 0 amide bonds. The summed E-state index contributed by atoms with van der Waals surface area (Å²) >= 11 is 0. The van der Waals surface area contributed by atoms with Crippen LogP contribution >= 0.6 is 0 Å². The van der Waals surface area contributed by atoms with Crippen LogP contribution in [0.1, 0.15) is 10.4 Å². The van der Waals surface area contributed by atoms with Crippen LogP contribution in [0.2, 0.25) is 0 Å². The van der Waals surface area contributed by atoms with Gasteiger partial charge in [0, 0.05) is 17.4 Å². The quantitative estimate of drug-likeness (QED) is 0.909. The molecule has 0 atom stereocenters. The van der Waals surface area contributed by atoms with Gasteiger partial charge in [-0.2, -0.15) is 0 Å². The van der Waals surface area contributed by atoms with Crippen molar-refractivity contribution in [1.82, 2.24) is 0 Å². The molecule has 0 radical (unpaired) electrons. The van der Waals surface area contributed by atoms with Gasteiger partial charge in [-0.3, -0.25) is 0 Å². The lowest BCUT2D eigenvalue weighted by Gasteiger charge is -2.19. The van der Waals surface area contributed by atoms with Crippen molar-refractivity contribution in [3.8, 4) is 11.5 Å². The lowest BCUT2D eigenvalue weighted by atomic mass is 10.2. The average molecular weight is 289 g/mol. The minimum atomic E-state index is -1.18. The number of carbonyl (C=O) groups is 1. The molecule has 0 aromatic heterocycles. The zero-order chi connectivity index (χ0) is 14.8. The van der Waals surface area contributed by atoms with Crippen LogP contribution in [0.4, 0.5) is 15.8 Å². The van der Waals surface area contributed by atoms with Crippen LogP contribution < -0.4 is 14.8 Å². The molecule has 1 aliphatic heterocycles. The van der Waals surface area contributed by atoms with Gasteiger partial charge in [0.2, 0.25) is 0 Å². The maximum absolute atomic E-state index is 13.4. The van der Waals surface area contributed by atoms with Crippen LogP contribution in [0, 0.1) is 5.82 Å². The fourth-order valence-corrected chi connectivity index (χ4v) is 2.07. The molecule has 1 aliphatic rings. The highest BCUT2D eigenvalue weighted by Gasteiger charge is 2.12. The molecule has 2 N–H and O–H groups in total. The summed E-state index contributed by atoms with van der Waals surface area (Å²) < 4.78 is 24.3. The third-order valence-electron chi connectivity index (χ3n) is 2.98. The largest absolute Gasteiger partial charge is 0.486 e. The molecule has 0 saturated carbocycles. The number of ether oxygens (including phenoxy) is 2. The van der Waals surface area contributed by atoms with Crippen molar-refractivity contribution >= 4 is 17.3 Å². The Morgan fingerprint density at radius 2 is 1.81 bits per heavy atom. The molecule has 0 unspecified atom stereocenters. The van der Waals surface area contributed by atoms with Crippen molar-refractivity contribution in [1.29, 1.82) is 0 Å². The summed E-state index contributed by atoms with van der Waals surface area (Å²) in [7, 11) is 0. The van der Waals surface area contributed by atoms with E-state index in [9.17, 15) is 9.18 Å². The van der Waals surface area contributed by atoms with E-state index in [4.69, 9.17) is 14.6 Å². The van der Waals surface area contributed by atoms with Crippen molar-refractivity contribution in [2.24, 2.45) is 0 Å². The molecule has 6 heteroatoms. The maximum Gasteiger partial charge on any atom is 0.335 e. The number of anilines is 2. The molecular weight excluding hydrogens is 277 g/mol. The summed E-state index contributed by atoms with van der Waals surface area (Å²) in [5, 5.41) is 11.9. The highest BCUT2D eigenvalue weighted by molar-refractivity contribution is 5.89. The van der Waals surface area contributed by atoms with Gasteiger partial charge in [0.25, 0.3) is 0 Å². The standard InChI is InChI=1S/C15H12FNO4/c16-10-5-9(15(18)19)6-12(7-10)17-11-1-2-13-14(8-11)21-4-3-20-13/h1-2,5-8,17H,3-4H2,(H,18,19). The molecule has 2 aromatic carbocycles. The number of nitrogens with one attached hydrogen (secondary N) is 1. The highest BCUT2D eigenvalue weighted by Crippen LogP contribution is 2.33. The van der Waals surface area contributed by atoms with E-state index in [1.807, 2.05) is 0 Å². The van der Waals surface area contributed by atoms with Crippen LogP contribution in [-0.2, 0) is 0 Å². The van der Waals surface area contributed by atoms with Gasteiger partial charge in [-0.15, -0.1) is 0 Å². The molecule has 21 heavy (non-hydrogen) atoms. The van der Waals surface area contributed by atoms with E-state index in [2.05, 4.69) is 5.32 Å². The monoisotopic (exact) mass is 289 g/mol. The molecule has 5 nitrogen and oxygen atoms in total. The summed E-state index contributed by atoms with van der Waals surface area (Å²) in [4.78, 5) is 10.9. The summed E-state index contributed by atoms with van der Waals surface area (Å²) in [6.07, 6.45) is 0. The summed E-state index contributed by atoms with van der Waals surface area (Å²) in [6, 6.07) is 8.77. The number of benzene rings is 2. The maximum atomic E-state index is 13.4. The van der Waals surface area contributed by atoms with E-state index in [0.29, 0.717) is 36.1 Å². The summed E-state index contributed by atoms with van der Waals surface area (Å²) in [5.41, 5.74) is 0.889. The highest BCUT2D eigenvalue weighted by atomic mass is 19.1. The first kappa shape index (κ1) is 13.2. The Bertz CT molecular complexity index is 702. The molecule has 0 spiro atoms. The second kappa shape index (κ2) is 5.32. The van der Waals surface area contributed by atoms with E-state index in [1.165, 1.54) is 12.1 Å². The molecule has 108 valence electrons. The molecule has 0 saturated heterocycles. The van der Waals surface area contributed by atoms with Gasteiger partial charge in [0.15, 0.2) is 11.5 Å². The first-order chi connectivity index (χ1) is 10.1. The van der Waals surface area contributed by atoms with Crippen molar-refractivity contribution in [2.75, 3.05) is 18.5 Å². The van der Waals surface area contributed by atoms with Gasteiger partial charge in [0.05, 0.1) is 5.56 Å². The second-order valence-corrected chi connectivity index (χ2v) is 4.52. The number of carboxylic acid groups (broad SMARTS) is 1. The zero-order valence-electron chi connectivity index (χ0n) is 10.9. The molecule has 0 fully saturated rings. The SMILES string of the molecule is O=C(O)c1cc(F)cc(Nc2ccc3c(c2)OCCO3)c1. The topological polar surface area (TPSA) is 67.8 Å². The van der Waals surface area contributed by atoms with E-state index in [-0.39, 0.29) is 5.56 Å². The first-order valence-electron chi connectivity index (χ1n) is 6.32. The average Bonchev–Trinajstić information content (AvgIpc) is 2.46. The van der Waals surface area contributed by atoms with Crippen LogP contribution in [-0.4, -0.2) is 24.3 Å². The van der Waals surface area contributed by atoms with Gasteiger partial charge < -0.3 is 19.9 Å².